The molecule has 0 saturated heterocycles. The van der Waals surface area contributed by atoms with Gasteiger partial charge in [0.25, 0.3) is 0 Å². The molecule has 4 heteroatoms. The highest BCUT2D eigenvalue weighted by atomic mass is 32.1. The lowest BCUT2D eigenvalue weighted by atomic mass is 9.91. The molecule has 0 radical (unpaired) electrons. The van der Waals surface area contributed by atoms with Gasteiger partial charge in [-0.05, 0) is 39.2 Å². The molecule has 0 aromatic carbocycles. The summed E-state index contributed by atoms with van der Waals surface area (Å²) in [6, 6.07) is 1.15. The lowest BCUT2D eigenvalue weighted by molar-refractivity contribution is 0.149. The van der Waals surface area contributed by atoms with Crippen LogP contribution in [0, 0.1) is 6.92 Å². The number of aryl methyl sites for hydroxylation is 1. The van der Waals surface area contributed by atoms with Crippen LogP contribution in [0.5, 0.6) is 0 Å². The maximum atomic E-state index is 5.97. The summed E-state index contributed by atoms with van der Waals surface area (Å²) in [6.45, 7) is 6.43. The zero-order chi connectivity index (χ0) is 12.3. The molecular weight excluding hydrogens is 230 g/mol. The van der Waals surface area contributed by atoms with Gasteiger partial charge >= 0.3 is 0 Å². The lowest BCUT2D eigenvalue weighted by Gasteiger charge is -2.34. The molecule has 0 aliphatic heterocycles. The van der Waals surface area contributed by atoms with Gasteiger partial charge < -0.3 is 5.73 Å². The second-order valence-corrected chi connectivity index (χ2v) is 5.96. The fraction of sp³-hybridized carbons (Fsp3) is 0.769. The van der Waals surface area contributed by atoms with Crippen LogP contribution in [0.15, 0.2) is 5.38 Å². The van der Waals surface area contributed by atoms with Crippen molar-refractivity contribution in [2.24, 2.45) is 5.73 Å². The topological polar surface area (TPSA) is 42.2 Å². The number of hydrogen-bond donors (Lipinski definition) is 1. The average molecular weight is 253 g/mol. The largest absolute Gasteiger partial charge is 0.328 e. The van der Waals surface area contributed by atoms with Gasteiger partial charge in [-0.1, -0.05) is 6.92 Å². The van der Waals surface area contributed by atoms with Crippen molar-refractivity contribution in [1.29, 1.82) is 0 Å². The van der Waals surface area contributed by atoms with Crippen LogP contribution in [0.25, 0.3) is 0 Å². The standard InChI is InChI=1S/C13H23N3S/c1-3-16(8-13-15-10(2)9-17-13)12-6-4-11(14)5-7-12/h9,11-12H,3-8,14H2,1-2H3. The van der Waals surface area contributed by atoms with Crippen LogP contribution in [-0.2, 0) is 6.54 Å². The van der Waals surface area contributed by atoms with E-state index < -0.39 is 0 Å². The molecule has 1 saturated carbocycles. The molecule has 2 N–H and O–H groups in total. The highest BCUT2D eigenvalue weighted by Gasteiger charge is 2.23. The fourth-order valence-corrected chi connectivity index (χ4v) is 3.41. The van der Waals surface area contributed by atoms with Crippen LogP contribution in [-0.4, -0.2) is 28.5 Å². The van der Waals surface area contributed by atoms with Crippen LogP contribution in [0.2, 0.25) is 0 Å². The van der Waals surface area contributed by atoms with Crippen LogP contribution < -0.4 is 5.73 Å². The molecule has 1 aliphatic carbocycles. The van der Waals surface area contributed by atoms with Gasteiger partial charge in [-0.2, -0.15) is 0 Å². The Balaban J connectivity index is 1.92. The Morgan fingerprint density at radius 1 is 1.41 bits per heavy atom. The highest BCUT2D eigenvalue weighted by Crippen LogP contribution is 2.24. The maximum absolute atomic E-state index is 5.97. The third-order valence-corrected chi connectivity index (χ3v) is 4.62. The van der Waals surface area contributed by atoms with Crippen molar-refractivity contribution >= 4 is 11.3 Å². The molecule has 96 valence electrons. The summed E-state index contributed by atoms with van der Waals surface area (Å²) in [5.74, 6) is 0. The van der Waals surface area contributed by atoms with Gasteiger partial charge in [-0.15, -0.1) is 11.3 Å². The van der Waals surface area contributed by atoms with Crippen molar-refractivity contribution in [1.82, 2.24) is 9.88 Å². The predicted molar refractivity (Wildman–Crippen MR) is 73.2 cm³/mol. The monoisotopic (exact) mass is 253 g/mol. The van der Waals surface area contributed by atoms with Crippen LogP contribution in [0.4, 0.5) is 0 Å². The Labute approximate surface area is 108 Å². The molecular formula is C13H23N3S. The number of nitrogens with two attached hydrogens (primary N) is 1. The Hall–Kier alpha value is -0.450. The predicted octanol–water partition coefficient (Wildman–Crippen LogP) is 2.54. The second kappa shape index (κ2) is 5.94. The van der Waals surface area contributed by atoms with Gasteiger partial charge in [0.15, 0.2) is 0 Å². The zero-order valence-electron chi connectivity index (χ0n) is 10.9. The number of thiazole rings is 1. The summed E-state index contributed by atoms with van der Waals surface area (Å²) >= 11 is 1.78. The second-order valence-electron chi connectivity index (χ2n) is 5.01. The van der Waals surface area contributed by atoms with E-state index in [9.17, 15) is 0 Å². The van der Waals surface area contributed by atoms with Gasteiger partial charge in [-0.3, -0.25) is 4.90 Å². The van der Waals surface area contributed by atoms with Crippen LogP contribution in [0.3, 0.4) is 0 Å². The molecule has 0 bridgehead atoms. The van der Waals surface area contributed by atoms with E-state index >= 15 is 0 Å². The van der Waals surface area contributed by atoms with E-state index in [0.29, 0.717) is 12.1 Å². The van der Waals surface area contributed by atoms with Crippen molar-refractivity contribution in [3.8, 4) is 0 Å². The molecule has 0 spiro atoms. The Morgan fingerprint density at radius 2 is 2.12 bits per heavy atom. The first-order valence-corrected chi connectivity index (χ1v) is 7.47. The summed E-state index contributed by atoms with van der Waals surface area (Å²) < 4.78 is 0. The first-order valence-electron chi connectivity index (χ1n) is 6.59. The number of aromatic nitrogens is 1. The molecule has 17 heavy (non-hydrogen) atoms. The van der Waals surface area contributed by atoms with E-state index in [1.807, 2.05) is 0 Å². The smallest absolute Gasteiger partial charge is 0.107 e. The Bertz CT molecular complexity index is 342. The fourth-order valence-electron chi connectivity index (χ4n) is 2.61. The third-order valence-electron chi connectivity index (χ3n) is 3.67. The van der Waals surface area contributed by atoms with Crippen molar-refractivity contribution in [2.75, 3.05) is 6.54 Å². The van der Waals surface area contributed by atoms with Crippen molar-refractivity contribution in [2.45, 2.75) is 58.2 Å². The first kappa shape index (κ1) is 13.0. The molecule has 0 amide bonds. The first-order chi connectivity index (χ1) is 8.19. The number of nitrogens with zero attached hydrogens (tertiary/aromatic N) is 2. The molecule has 1 aliphatic rings. The molecule has 3 nitrogen and oxygen atoms in total. The van der Waals surface area contributed by atoms with Crippen LogP contribution in [0.1, 0.15) is 43.3 Å². The lowest BCUT2D eigenvalue weighted by Crippen LogP contribution is -2.40. The maximum Gasteiger partial charge on any atom is 0.107 e. The van der Waals surface area contributed by atoms with E-state index in [0.717, 1.165) is 18.8 Å². The molecule has 0 unspecified atom stereocenters. The van der Waals surface area contributed by atoms with E-state index in [1.54, 1.807) is 11.3 Å². The molecule has 1 fully saturated rings. The van der Waals surface area contributed by atoms with E-state index in [-0.39, 0.29) is 0 Å². The normalized spacial score (nSPS) is 25.4. The molecule has 1 heterocycles. The summed E-state index contributed by atoms with van der Waals surface area (Å²) in [7, 11) is 0. The summed E-state index contributed by atoms with van der Waals surface area (Å²) in [6.07, 6.45) is 4.86. The quantitative estimate of drug-likeness (QED) is 0.896. The average Bonchev–Trinajstić information content (AvgIpc) is 2.73. The van der Waals surface area contributed by atoms with Gasteiger partial charge in [-0.25, -0.2) is 4.98 Å². The summed E-state index contributed by atoms with van der Waals surface area (Å²) in [5.41, 5.74) is 7.11. The SMILES string of the molecule is CCN(Cc1nc(C)cs1)C1CCC(N)CC1. The van der Waals surface area contributed by atoms with E-state index in [1.165, 1.54) is 30.7 Å². The Kier molecular flexibility index (Phi) is 4.54. The van der Waals surface area contributed by atoms with Gasteiger partial charge in [0, 0.05) is 23.2 Å². The van der Waals surface area contributed by atoms with Gasteiger partial charge in [0.1, 0.15) is 5.01 Å². The molecule has 1 aromatic heterocycles. The zero-order valence-corrected chi connectivity index (χ0v) is 11.7. The number of hydrogen-bond acceptors (Lipinski definition) is 4. The van der Waals surface area contributed by atoms with E-state index in [2.05, 4.69) is 29.1 Å². The Morgan fingerprint density at radius 3 is 2.65 bits per heavy atom. The minimum atomic E-state index is 0.437. The third kappa shape index (κ3) is 3.50. The molecule has 1 aromatic rings. The van der Waals surface area contributed by atoms with E-state index in [4.69, 9.17) is 5.73 Å². The van der Waals surface area contributed by atoms with Gasteiger partial charge in [0.05, 0.1) is 6.54 Å². The minimum absolute atomic E-state index is 0.437. The number of rotatable bonds is 4. The minimum Gasteiger partial charge on any atom is -0.328 e. The van der Waals surface area contributed by atoms with Crippen molar-refractivity contribution in [3.05, 3.63) is 16.1 Å². The van der Waals surface area contributed by atoms with Gasteiger partial charge in [0.2, 0.25) is 0 Å². The highest BCUT2D eigenvalue weighted by molar-refractivity contribution is 7.09. The van der Waals surface area contributed by atoms with Crippen molar-refractivity contribution in [3.63, 3.8) is 0 Å². The van der Waals surface area contributed by atoms with Crippen LogP contribution >= 0.6 is 11.3 Å². The van der Waals surface area contributed by atoms with Crippen molar-refractivity contribution < 1.29 is 0 Å². The summed E-state index contributed by atoms with van der Waals surface area (Å²) in [4.78, 5) is 7.12. The molecule has 0 atom stereocenters. The molecule has 2 rings (SSSR count). The summed E-state index contributed by atoms with van der Waals surface area (Å²) in [5, 5.41) is 3.39.